The highest BCUT2D eigenvalue weighted by molar-refractivity contribution is 7.14. The van der Waals surface area contributed by atoms with Gasteiger partial charge in [-0.25, -0.2) is 4.98 Å². The van der Waals surface area contributed by atoms with Gasteiger partial charge in [0.2, 0.25) is 0 Å². The minimum Gasteiger partial charge on any atom is -0.383 e. The Labute approximate surface area is 83.0 Å². The van der Waals surface area contributed by atoms with Crippen LogP contribution in [0.25, 0.3) is 0 Å². The Morgan fingerprint density at radius 3 is 2.42 bits per heavy atom. The van der Waals surface area contributed by atoms with Gasteiger partial charge >= 0.3 is 0 Å². The van der Waals surface area contributed by atoms with Gasteiger partial charge < -0.3 is 10.6 Å². The van der Waals surface area contributed by atoms with E-state index in [0.717, 1.165) is 18.2 Å². The highest BCUT2D eigenvalue weighted by Gasteiger charge is 2.04. The highest BCUT2D eigenvalue weighted by Crippen LogP contribution is 2.20. The molecular formula is C7H14ClN3S. The first-order valence-electron chi connectivity index (χ1n) is 3.73. The van der Waals surface area contributed by atoms with Crippen molar-refractivity contribution in [1.29, 1.82) is 0 Å². The highest BCUT2D eigenvalue weighted by atomic mass is 35.5. The largest absolute Gasteiger partial charge is 0.383 e. The lowest BCUT2D eigenvalue weighted by Gasteiger charge is -2.16. The summed E-state index contributed by atoms with van der Waals surface area (Å²) in [5, 5.41) is 2.89. The number of halogens is 1. The van der Waals surface area contributed by atoms with Crippen LogP contribution in [-0.4, -0.2) is 18.1 Å². The van der Waals surface area contributed by atoms with Crippen LogP contribution in [0.1, 0.15) is 13.8 Å². The number of thiazole rings is 1. The van der Waals surface area contributed by atoms with Crippen molar-refractivity contribution >= 4 is 34.7 Å². The number of hydrogen-bond donors (Lipinski definition) is 1. The van der Waals surface area contributed by atoms with Gasteiger partial charge in [-0.2, -0.15) is 0 Å². The molecule has 12 heavy (non-hydrogen) atoms. The van der Waals surface area contributed by atoms with Crippen LogP contribution in [-0.2, 0) is 0 Å². The monoisotopic (exact) mass is 207 g/mol. The summed E-state index contributed by atoms with van der Waals surface area (Å²) in [5.41, 5.74) is 5.50. The summed E-state index contributed by atoms with van der Waals surface area (Å²) in [5.74, 6) is 0.622. The van der Waals surface area contributed by atoms with Crippen LogP contribution in [0.4, 0.5) is 10.9 Å². The SMILES string of the molecule is CCN(CC)c1nc(N)cs1.Cl. The smallest absolute Gasteiger partial charge is 0.187 e. The Bertz CT molecular complexity index is 222. The molecule has 0 bridgehead atoms. The maximum atomic E-state index is 5.50. The molecule has 0 fully saturated rings. The van der Waals surface area contributed by atoms with E-state index in [2.05, 4.69) is 23.7 Å². The van der Waals surface area contributed by atoms with Crippen LogP contribution >= 0.6 is 23.7 Å². The van der Waals surface area contributed by atoms with Gasteiger partial charge in [0.15, 0.2) is 5.13 Å². The summed E-state index contributed by atoms with van der Waals surface area (Å²) in [6.45, 7) is 6.20. The van der Waals surface area contributed by atoms with E-state index < -0.39 is 0 Å². The van der Waals surface area contributed by atoms with Gasteiger partial charge in [0.1, 0.15) is 5.82 Å². The van der Waals surface area contributed by atoms with Crippen molar-refractivity contribution < 1.29 is 0 Å². The Kier molecular flexibility index (Phi) is 5.01. The summed E-state index contributed by atoms with van der Waals surface area (Å²) >= 11 is 1.60. The lowest BCUT2D eigenvalue weighted by molar-refractivity contribution is 0.861. The van der Waals surface area contributed by atoms with E-state index in [1.54, 1.807) is 11.3 Å². The molecule has 0 saturated carbocycles. The molecule has 0 amide bonds. The summed E-state index contributed by atoms with van der Waals surface area (Å²) in [4.78, 5) is 6.36. The molecule has 0 spiro atoms. The van der Waals surface area contributed by atoms with E-state index in [-0.39, 0.29) is 12.4 Å². The van der Waals surface area contributed by atoms with Crippen molar-refractivity contribution in [2.24, 2.45) is 0 Å². The van der Waals surface area contributed by atoms with E-state index in [1.807, 2.05) is 5.38 Å². The average molecular weight is 208 g/mol. The zero-order valence-electron chi connectivity index (χ0n) is 7.28. The van der Waals surface area contributed by atoms with Crippen LogP contribution in [0.5, 0.6) is 0 Å². The molecule has 1 rings (SSSR count). The van der Waals surface area contributed by atoms with Crippen LogP contribution in [0.15, 0.2) is 5.38 Å². The number of nitrogens with zero attached hydrogens (tertiary/aromatic N) is 2. The number of anilines is 2. The Morgan fingerprint density at radius 2 is 2.08 bits per heavy atom. The predicted octanol–water partition coefficient (Wildman–Crippen LogP) is 1.99. The van der Waals surface area contributed by atoms with Crippen LogP contribution in [0.3, 0.4) is 0 Å². The fourth-order valence-electron chi connectivity index (χ4n) is 0.916. The zero-order valence-corrected chi connectivity index (χ0v) is 8.91. The number of aromatic nitrogens is 1. The number of nitrogens with two attached hydrogens (primary N) is 1. The van der Waals surface area contributed by atoms with E-state index in [9.17, 15) is 0 Å². The second-order valence-corrected chi connectivity index (χ2v) is 3.06. The maximum absolute atomic E-state index is 5.50. The summed E-state index contributed by atoms with van der Waals surface area (Å²) in [6.07, 6.45) is 0. The third-order valence-corrected chi connectivity index (χ3v) is 2.46. The van der Waals surface area contributed by atoms with E-state index >= 15 is 0 Å². The van der Waals surface area contributed by atoms with Gasteiger partial charge in [-0.1, -0.05) is 0 Å². The minimum atomic E-state index is 0. The number of rotatable bonds is 3. The van der Waals surface area contributed by atoms with Crippen molar-refractivity contribution in [3.8, 4) is 0 Å². The normalized spacial score (nSPS) is 9.17. The van der Waals surface area contributed by atoms with Gasteiger partial charge in [0, 0.05) is 18.5 Å². The predicted molar refractivity (Wildman–Crippen MR) is 57.3 cm³/mol. The third-order valence-electron chi connectivity index (χ3n) is 1.54. The van der Waals surface area contributed by atoms with Crippen molar-refractivity contribution in [2.45, 2.75) is 13.8 Å². The maximum Gasteiger partial charge on any atom is 0.187 e. The second kappa shape index (κ2) is 5.22. The van der Waals surface area contributed by atoms with Crippen LogP contribution in [0.2, 0.25) is 0 Å². The zero-order chi connectivity index (χ0) is 8.27. The lowest BCUT2D eigenvalue weighted by atomic mass is 10.6. The van der Waals surface area contributed by atoms with Gasteiger partial charge in [-0.3, -0.25) is 0 Å². The second-order valence-electron chi connectivity index (χ2n) is 2.23. The molecule has 0 aliphatic rings. The van der Waals surface area contributed by atoms with Crippen molar-refractivity contribution in [2.75, 3.05) is 23.7 Å². The fourth-order valence-corrected chi connectivity index (χ4v) is 1.76. The molecular weight excluding hydrogens is 194 g/mol. The molecule has 1 aromatic rings. The van der Waals surface area contributed by atoms with Gasteiger partial charge in [-0.15, -0.1) is 23.7 Å². The first-order valence-corrected chi connectivity index (χ1v) is 4.61. The average Bonchev–Trinajstić information content (AvgIpc) is 2.39. The third kappa shape index (κ3) is 2.53. The Hall–Kier alpha value is -0.480. The minimum absolute atomic E-state index is 0. The van der Waals surface area contributed by atoms with E-state index in [0.29, 0.717) is 5.82 Å². The Morgan fingerprint density at radius 1 is 1.50 bits per heavy atom. The van der Waals surface area contributed by atoms with Gasteiger partial charge in [-0.05, 0) is 13.8 Å². The van der Waals surface area contributed by atoms with E-state index in [4.69, 9.17) is 5.73 Å². The molecule has 1 heterocycles. The molecule has 0 unspecified atom stereocenters. The Balaban J connectivity index is 0.00000121. The molecule has 3 nitrogen and oxygen atoms in total. The first-order chi connectivity index (χ1) is 5.27. The molecule has 1 aromatic heterocycles. The molecule has 0 saturated heterocycles. The molecule has 0 radical (unpaired) electrons. The van der Waals surface area contributed by atoms with Crippen LogP contribution in [0, 0.1) is 0 Å². The molecule has 2 N–H and O–H groups in total. The number of hydrogen-bond acceptors (Lipinski definition) is 4. The summed E-state index contributed by atoms with van der Waals surface area (Å²) in [7, 11) is 0. The summed E-state index contributed by atoms with van der Waals surface area (Å²) in [6, 6.07) is 0. The molecule has 0 aromatic carbocycles. The molecule has 5 heteroatoms. The van der Waals surface area contributed by atoms with Crippen LogP contribution < -0.4 is 10.6 Å². The first kappa shape index (κ1) is 11.5. The molecule has 0 aliphatic heterocycles. The lowest BCUT2D eigenvalue weighted by Crippen LogP contribution is -2.21. The van der Waals surface area contributed by atoms with Gasteiger partial charge in [0.25, 0.3) is 0 Å². The topological polar surface area (TPSA) is 42.2 Å². The molecule has 0 aliphatic carbocycles. The van der Waals surface area contributed by atoms with Crippen molar-refractivity contribution in [3.63, 3.8) is 0 Å². The van der Waals surface area contributed by atoms with E-state index in [1.165, 1.54) is 0 Å². The summed E-state index contributed by atoms with van der Waals surface area (Å²) < 4.78 is 0. The molecule has 0 atom stereocenters. The standard InChI is InChI=1S/C7H13N3S.ClH/c1-3-10(4-2)7-9-6(8)5-11-7;/h5H,3-4,8H2,1-2H3;1H. The van der Waals surface area contributed by atoms with Crippen molar-refractivity contribution in [3.05, 3.63) is 5.38 Å². The quantitative estimate of drug-likeness (QED) is 0.825. The molecule has 70 valence electrons. The van der Waals surface area contributed by atoms with Gasteiger partial charge in [0.05, 0.1) is 0 Å². The fraction of sp³-hybridized carbons (Fsp3) is 0.571. The number of nitrogen functional groups attached to an aromatic ring is 1. The van der Waals surface area contributed by atoms with Crippen molar-refractivity contribution in [1.82, 2.24) is 4.98 Å².